The van der Waals surface area contributed by atoms with Gasteiger partial charge in [0.25, 0.3) is 5.91 Å². The molecule has 2 aromatic heterocycles. The summed E-state index contributed by atoms with van der Waals surface area (Å²) in [7, 11) is 1.54. The fourth-order valence-corrected chi connectivity index (χ4v) is 2.27. The van der Waals surface area contributed by atoms with Gasteiger partial charge in [0.1, 0.15) is 0 Å². The van der Waals surface area contributed by atoms with Gasteiger partial charge in [0, 0.05) is 36.3 Å². The van der Waals surface area contributed by atoms with Gasteiger partial charge in [-0.3, -0.25) is 4.79 Å². The van der Waals surface area contributed by atoms with E-state index in [0.717, 1.165) is 16.6 Å². The molecular weight excluding hydrogens is 280 g/mol. The summed E-state index contributed by atoms with van der Waals surface area (Å²) in [6, 6.07) is 9.17. The van der Waals surface area contributed by atoms with Crippen LogP contribution in [0, 0.1) is 0 Å². The third-order valence-electron chi connectivity index (χ3n) is 3.38. The summed E-state index contributed by atoms with van der Waals surface area (Å²) in [5.74, 6) is 0.286. The number of imidazole rings is 1. The molecule has 3 aromatic rings. The lowest BCUT2D eigenvalue weighted by atomic mass is 10.1. The lowest BCUT2D eigenvalue weighted by molar-refractivity contribution is 0.0955. The molecule has 6 nitrogen and oxygen atoms in total. The molecule has 22 heavy (non-hydrogen) atoms. The quantitative estimate of drug-likeness (QED) is 0.754. The third-order valence-corrected chi connectivity index (χ3v) is 3.38. The van der Waals surface area contributed by atoms with E-state index in [4.69, 9.17) is 4.74 Å². The molecule has 1 aromatic carbocycles. The number of ether oxygens (including phenoxy) is 1. The zero-order valence-corrected chi connectivity index (χ0v) is 12.2. The van der Waals surface area contributed by atoms with Gasteiger partial charge in [0.2, 0.25) is 5.88 Å². The molecule has 3 rings (SSSR count). The Morgan fingerprint density at radius 3 is 3.00 bits per heavy atom. The van der Waals surface area contributed by atoms with Crippen LogP contribution in [0.25, 0.3) is 10.9 Å². The highest BCUT2D eigenvalue weighted by molar-refractivity contribution is 6.06. The number of hydrogen-bond donors (Lipinski definition) is 2. The van der Waals surface area contributed by atoms with E-state index in [9.17, 15) is 4.79 Å². The van der Waals surface area contributed by atoms with E-state index in [1.807, 2.05) is 24.3 Å². The Labute approximate surface area is 127 Å². The molecule has 0 saturated heterocycles. The van der Waals surface area contributed by atoms with Crippen molar-refractivity contribution in [1.82, 2.24) is 20.3 Å². The number of methoxy groups -OCH3 is 1. The average molecular weight is 296 g/mol. The van der Waals surface area contributed by atoms with Crippen molar-refractivity contribution in [1.29, 1.82) is 0 Å². The monoisotopic (exact) mass is 296 g/mol. The molecule has 0 aliphatic carbocycles. The molecule has 2 N–H and O–H groups in total. The number of H-pyrrole nitrogens is 1. The van der Waals surface area contributed by atoms with Crippen molar-refractivity contribution in [3.8, 4) is 5.88 Å². The molecule has 0 saturated carbocycles. The first-order valence-corrected chi connectivity index (χ1v) is 6.97. The van der Waals surface area contributed by atoms with Gasteiger partial charge in [-0.15, -0.1) is 0 Å². The smallest absolute Gasteiger partial charge is 0.252 e. The molecule has 2 heterocycles. The second kappa shape index (κ2) is 6.26. The summed E-state index contributed by atoms with van der Waals surface area (Å²) in [5.41, 5.74) is 2.28. The second-order valence-electron chi connectivity index (χ2n) is 4.81. The number of nitrogens with zero attached hydrogens (tertiary/aromatic N) is 2. The number of rotatable bonds is 5. The molecule has 1 amide bonds. The zero-order valence-electron chi connectivity index (χ0n) is 12.2. The highest BCUT2D eigenvalue weighted by Crippen LogP contribution is 2.21. The Morgan fingerprint density at radius 1 is 1.36 bits per heavy atom. The summed E-state index contributed by atoms with van der Waals surface area (Å²) in [6.07, 6.45) is 4.07. The van der Waals surface area contributed by atoms with Crippen molar-refractivity contribution in [2.24, 2.45) is 0 Å². The minimum Gasteiger partial charge on any atom is -0.481 e. The van der Waals surface area contributed by atoms with Crippen molar-refractivity contribution in [3.05, 3.63) is 54.1 Å². The maximum absolute atomic E-state index is 12.4. The number of aromatic amines is 1. The van der Waals surface area contributed by atoms with E-state index in [1.54, 1.807) is 18.6 Å². The SMILES string of the molecule is COc1cc(C(=O)NCCc2cnc[nH]2)c2ccccc2n1. The first-order chi connectivity index (χ1) is 10.8. The molecular formula is C16H16N4O2. The normalized spacial score (nSPS) is 10.6. The number of carbonyl (C=O) groups excluding carboxylic acids is 1. The Morgan fingerprint density at radius 2 is 2.23 bits per heavy atom. The van der Waals surface area contributed by atoms with Crippen LogP contribution < -0.4 is 10.1 Å². The Balaban J connectivity index is 1.80. The molecule has 112 valence electrons. The van der Waals surface area contributed by atoms with Gasteiger partial charge < -0.3 is 15.0 Å². The van der Waals surface area contributed by atoms with Gasteiger partial charge in [-0.1, -0.05) is 18.2 Å². The number of fused-ring (bicyclic) bond motifs is 1. The van der Waals surface area contributed by atoms with Crippen LogP contribution in [0.5, 0.6) is 5.88 Å². The largest absolute Gasteiger partial charge is 0.481 e. The molecule has 0 fully saturated rings. The van der Waals surface area contributed by atoms with Gasteiger partial charge in [0.05, 0.1) is 24.5 Å². The summed E-state index contributed by atoms with van der Waals surface area (Å²) < 4.78 is 5.17. The van der Waals surface area contributed by atoms with Crippen molar-refractivity contribution >= 4 is 16.8 Å². The number of pyridine rings is 1. The first kappa shape index (κ1) is 14.1. The zero-order chi connectivity index (χ0) is 15.4. The van der Waals surface area contributed by atoms with Gasteiger partial charge >= 0.3 is 0 Å². The third kappa shape index (κ3) is 2.90. The number of aromatic nitrogens is 3. The predicted molar refractivity (Wildman–Crippen MR) is 82.9 cm³/mol. The van der Waals surface area contributed by atoms with Crippen LogP contribution in [0.1, 0.15) is 16.1 Å². The van der Waals surface area contributed by atoms with Crippen molar-refractivity contribution in [2.75, 3.05) is 13.7 Å². The molecule has 0 radical (unpaired) electrons. The number of carbonyl (C=O) groups is 1. The lowest BCUT2D eigenvalue weighted by Gasteiger charge is -2.09. The topological polar surface area (TPSA) is 79.9 Å². The Kier molecular flexibility index (Phi) is 4.00. The number of nitrogens with one attached hydrogen (secondary N) is 2. The highest BCUT2D eigenvalue weighted by atomic mass is 16.5. The van der Waals surface area contributed by atoms with Crippen molar-refractivity contribution in [3.63, 3.8) is 0 Å². The fraction of sp³-hybridized carbons (Fsp3) is 0.188. The lowest BCUT2D eigenvalue weighted by Crippen LogP contribution is -2.26. The number of para-hydroxylation sites is 1. The van der Waals surface area contributed by atoms with Gasteiger partial charge in [-0.05, 0) is 6.07 Å². The van der Waals surface area contributed by atoms with E-state index >= 15 is 0 Å². The average Bonchev–Trinajstić information content (AvgIpc) is 3.07. The summed E-state index contributed by atoms with van der Waals surface area (Å²) in [5, 5.41) is 3.72. The molecule has 0 spiro atoms. The standard InChI is InChI=1S/C16H16N4O2/c1-22-15-8-13(12-4-2-3-5-14(12)20-15)16(21)18-7-6-11-9-17-10-19-11/h2-5,8-10H,6-7H2,1H3,(H,17,19)(H,18,21). The Bertz CT molecular complexity index is 784. The molecule has 0 aliphatic heterocycles. The summed E-state index contributed by atoms with van der Waals surface area (Å²) in [4.78, 5) is 23.7. The van der Waals surface area contributed by atoms with Crippen LogP contribution in [0.2, 0.25) is 0 Å². The fourth-order valence-electron chi connectivity index (χ4n) is 2.27. The van der Waals surface area contributed by atoms with Crippen LogP contribution in [0.3, 0.4) is 0 Å². The van der Waals surface area contributed by atoms with Crippen molar-refractivity contribution in [2.45, 2.75) is 6.42 Å². The van der Waals surface area contributed by atoms with Crippen LogP contribution in [0.15, 0.2) is 42.9 Å². The highest BCUT2D eigenvalue weighted by Gasteiger charge is 2.13. The molecule has 0 unspecified atom stereocenters. The van der Waals surface area contributed by atoms with Crippen LogP contribution in [-0.4, -0.2) is 34.5 Å². The van der Waals surface area contributed by atoms with Crippen LogP contribution >= 0.6 is 0 Å². The maximum Gasteiger partial charge on any atom is 0.252 e. The molecule has 6 heteroatoms. The molecule has 0 aliphatic rings. The van der Waals surface area contributed by atoms with E-state index < -0.39 is 0 Å². The second-order valence-corrected chi connectivity index (χ2v) is 4.81. The summed E-state index contributed by atoms with van der Waals surface area (Å²) in [6.45, 7) is 0.528. The number of hydrogen-bond acceptors (Lipinski definition) is 4. The van der Waals surface area contributed by atoms with Gasteiger partial charge in [-0.2, -0.15) is 0 Å². The maximum atomic E-state index is 12.4. The summed E-state index contributed by atoms with van der Waals surface area (Å²) >= 11 is 0. The predicted octanol–water partition coefficient (Wildman–Crippen LogP) is 1.94. The minimum atomic E-state index is -0.142. The Hall–Kier alpha value is -2.89. The number of amides is 1. The van der Waals surface area contributed by atoms with E-state index in [0.29, 0.717) is 24.4 Å². The first-order valence-electron chi connectivity index (χ1n) is 6.97. The van der Waals surface area contributed by atoms with Gasteiger partial charge in [0.15, 0.2) is 0 Å². The van der Waals surface area contributed by atoms with E-state index in [2.05, 4.69) is 20.3 Å². The molecule has 0 bridgehead atoms. The van der Waals surface area contributed by atoms with E-state index in [1.165, 1.54) is 7.11 Å². The van der Waals surface area contributed by atoms with E-state index in [-0.39, 0.29) is 5.91 Å². The van der Waals surface area contributed by atoms with Gasteiger partial charge in [-0.25, -0.2) is 9.97 Å². The molecule has 0 atom stereocenters. The van der Waals surface area contributed by atoms with Crippen molar-refractivity contribution < 1.29 is 9.53 Å². The minimum absolute atomic E-state index is 0.142. The van der Waals surface area contributed by atoms with Crippen LogP contribution in [0.4, 0.5) is 0 Å². The number of benzene rings is 1. The van der Waals surface area contributed by atoms with Crippen LogP contribution in [-0.2, 0) is 6.42 Å².